The summed E-state index contributed by atoms with van der Waals surface area (Å²) in [5, 5.41) is 0.616. The van der Waals surface area contributed by atoms with Crippen LogP contribution >= 0.6 is 11.6 Å². The van der Waals surface area contributed by atoms with E-state index in [1.54, 1.807) is 47.4 Å². The van der Waals surface area contributed by atoms with Gasteiger partial charge in [-0.05, 0) is 35.9 Å². The highest BCUT2D eigenvalue weighted by Crippen LogP contribution is 2.32. The molecule has 2 aromatic carbocycles. The Labute approximate surface area is 163 Å². The highest BCUT2D eigenvalue weighted by atomic mass is 35.5. The van der Waals surface area contributed by atoms with Crippen molar-refractivity contribution in [1.82, 2.24) is 9.21 Å². The van der Waals surface area contributed by atoms with Crippen molar-refractivity contribution in [3.05, 3.63) is 59.1 Å². The van der Waals surface area contributed by atoms with Crippen molar-refractivity contribution >= 4 is 27.5 Å². The van der Waals surface area contributed by atoms with Gasteiger partial charge < -0.3 is 9.64 Å². The number of piperazine rings is 1. The van der Waals surface area contributed by atoms with Crippen LogP contribution in [0.5, 0.6) is 5.75 Å². The molecule has 1 fully saturated rings. The lowest BCUT2D eigenvalue weighted by Crippen LogP contribution is -2.53. The van der Waals surface area contributed by atoms with E-state index < -0.39 is 16.1 Å². The fraction of sp³-hybridized carbons (Fsp3) is 0.316. The summed E-state index contributed by atoms with van der Waals surface area (Å²) in [5.74, 6) is 0.571. The first kappa shape index (κ1) is 18.3. The zero-order valence-electron chi connectivity index (χ0n) is 14.5. The number of sulfonamides is 1. The molecule has 27 heavy (non-hydrogen) atoms. The second-order valence-corrected chi connectivity index (χ2v) is 8.98. The molecule has 0 aromatic heterocycles. The van der Waals surface area contributed by atoms with E-state index in [0.717, 1.165) is 5.56 Å². The molecule has 1 atom stereocenters. The van der Waals surface area contributed by atoms with Crippen LogP contribution in [0.2, 0.25) is 5.02 Å². The van der Waals surface area contributed by atoms with Gasteiger partial charge in [0, 0.05) is 37.6 Å². The van der Waals surface area contributed by atoms with Gasteiger partial charge in [-0.3, -0.25) is 4.79 Å². The molecule has 0 aliphatic carbocycles. The van der Waals surface area contributed by atoms with Crippen molar-refractivity contribution in [2.24, 2.45) is 0 Å². The number of hydrogen-bond acceptors (Lipinski definition) is 4. The van der Waals surface area contributed by atoms with E-state index in [2.05, 4.69) is 0 Å². The first-order valence-corrected chi connectivity index (χ1v) is 10.6. The Hall–Kier alpha value is -2.09. The van der Waals surface area contributed by atoms with Crippen LogP contribution in [0.1, 0.15) is 5.56 Å². The Morgan fingerprint density at radius 2 is 1.74 bits per heavy atom. The Balaban J connectivity index is 1.39. The van der Waals surface area contributed by atoms with Crippen LogP contribution in [0.4, 0.5) is 0 Å². The molecule has 2 aromatic rings. The average Bonchev–Trinajstić information content (AvgIpc) is 3.11. The molecule has 0 bridgehead atoms. The zero-order chi connectivity index (χ0) is 19.0. The summed E-state index contributed by atoms with van der Waals surface area (Å²) < 4.78 is 32.6. The highest BCUT2D eigenvalue weighted by Gasteiger charge is 2.36. The molecule has 0 saturated carbocycles. The third-order valence-electron chi connectivity index (χ3n) is 4.90. The Morgan fingerprint density at radius 3 is 2.44 bits per heavy atom. The standard InChI is InChI=1S/C19H19ClN2O4S/c20-15-6-7-17-14(12-15)13-18(26-17)19(23)21-8-10-22(11-9-21)27(24,25)16-4-2-1-3-5-16/h1-7,12,18H,8-11,13H2/t18-/m0/s1. The van der Waals surface area contributed by atoms with Crippen LogP contribution in [0, 0.1) is 0 Å². The van der Waals surface area contributed by atoms with Gasteiger partial charge >= 0.3 is 0 Å². The molecule has 0 N–H and O–H groups in total. The summed E-state index contributed by atoms with van der Waals surface area (Å²) in [7, 11) is -3.53. The number of carbonyl (C=O) groups is 1. The number of nitrogens with zero attached hydrogens (tertiary/aromatic N) is 2. The number of amides is 1. The summed E-state index contributed by atoms with van der Waals surface area (Å²) in [6.07, 6.45) is -0.0900. The van der Waals surface area contributed by atoms with E-state index >= 15 is 0 Å². The first-order valence-electron chi connectivity index (χ1n) is 8.74. The monoisotopic (exact) mass is 406 g/mol. The van der Waals surface area contributed by atoms with Crippen molar-refractivity contribution < 1.29 is 17.9 Å². The quantitative estimate of drug-likeness (QED) is 0.783. The first-order chi connectivity index (χ1) is 12.9. The minimum absolute atomic E-state index is 0.112. The molecule has 1 amide bonds. The zero-order valence-corrected chi connectivity index (χ0v) is 16.1. The Kier molecular flexibility index (Phi) is 4.84. The molecular formula is C19H19ClN2O4S. The van der Waals surface area contributed by atoms with Gasteiger partial charge in [0.05, 0.1) is 4.90 Å². The van der Waals surface area contributed by atoms with Gasteiger partial charge in [-0.15, -0.1) is 0 Å². The molecule has 0 radical (unpaired) electrons. The third-order valence-corrected chi connectivity index (χ3v) is 7.05. The number of fused-ring (bicyclic) bond motifs is 1. The van der Waals surface area contributed by atoms with E-state index in [4.69, 9.17) is 16.3 Å². The van der Waals surface area contributed by atoms with E-state index in [1.807, 2.05) is 6.07 Å². The Morgan fingerprint density at radius 1 is 1.04 bits per heavy atom. The van der Waals surface area contributed by atoms with Crippen molar-refractivity contribution in [3.8, 4) is 5.75 Å². The molecule has 8 heteroatoms. The van der Waals surface area contributed by atoms with Gasteiger partial charge in [-0.2, -0.15) is 4.31 Å². The van der Waals surface area contributed by atoms with Gasteiger partial charge in [-0.1, -0.05) is 29.8 Å². The number of rotatable bonds is 3. The fourth-order valence-electron chi connectivity index (χ4n) is 3.45. The summed E-state index contributed by atoms with van der Waals surface area (Å²) in [6, 6.07) is 13.7. The molecule has 0 spiro atoms. The predicted molar refractivity (Wildman–Crippen MR) is 101 cm³/mol. The SMILES string of the molecule is O=C([C@@H]1Cc2cc(Cl)ccc2O1)N1CCN(S(=O)(=O)c2ccccc2)CC1. The van der Waals surface area contributed by atoms with Crippen molar-refractivity contribution in [2.75, 3.05) is 26.2 Å². The van der Waals surface area contributed by atoms with E-state index in [9.17, 15) is 13.2 Å². The number of ether oxygens (including phenoxy) is 1. The minimum atomic E-state index is -3.53. The second-order valence-electron chi connectivity index (χ2n) is 6.61. The normalized spacial score (nSPS) is 20.2. The lowest BCUT2D eigenvalue weighted by atomic mass is 10.1. The van der Waals surface area contributed by atoms with Gasteiger partial charge in [0.25, 0.3) is 5.91 Å². The number of carbonyl (C=O) groups excluding carboxylic acids is 1. The molecule has 4 rings (SSSR count). The number of halogens is 1. The lowest BCUT2D eigenvalue weighted by molar-refractivity contribution is -0.139. The van der Waals surface area contributed by atoms with E-state index in [0.29, 0.717) is 30.3 Å². The van der Waals surface area contributed by atoms with Gasteiger partial charge in [0.15, 0.2) is 6.10 Å². The maximum atomic E-state index is 12.8. The van der Waals surface area contributed by atoms with Crippen LogP contribution in [0.15, 0.2) is 53.4 Å². The molecule has 2 aliphatic rings. The number of benzene rings is 2. The van der Waals surface area contributed by atoms with Gasteiger partial charge in [0.1, 0.15) is 5.75 Å². The van der Waals surface area contributed by atoms with Gasteiger partial charge in [-0.25, -0.2) is 8.42 Å². The van der Waals surface area contributed by atoms with Crippen LogP contribution in [-0.2, 0) is 21.2 Å². The smallest absolute Gasteiger partial charge is 0.264 e. The minimum Gasteiger partial charge on any atom is -0.480 e. The molecular weight excluding hydrogens is 388 g/mol. The number of hydrogen-bond donors (Lipinski definition) is 0. The van der Waals surface area contributed by atoms with E-state index in [1.165, 1.54) is 4.31 Å². The maximum Gasteiger partial charge on any atom is 0.264 e. The molecule has 2 aliphatic heterocycles. The summed E-state index contributed by atoms with van der Waals surface area (Å²) in [4.78, 5) is 14.7. The average molecular weight is 407 g/mol. The summed E-state index contributed by atoms with van der Waals surface area (Å²) in [6.45, 7) is 1.24. The van der Waals surface area contributed by atoms with Crippen LogP contribution in [0.3, 0.4) is 0 Å². The topological polar surface area (TPSA) is 66.9 Å². The molecule has 1 saturated heterocycles. The van der Waals surface area contributed by atoms with Crippen molar-refractivity contribution in [1.29, 1.82) is 0 Å². The third kappa shape index (κ3) is 3.54. The molecule has 142 valence electrons. The largest absolute Gasteiger partial charge is 0.480 e. The van der Waals surface area contributed by atoms with Crippen molar-refractivity contribution in [3.63, 3.8) is 0 Å². The van der Waals surface area contributed by atoms with Crippen molar-refractivity contribution in [2.45, 2.75) is 17.4 Å². The second kappa shape index (κ2) is 7.14. The Bertz CT molecular complexity index is 957. The van der Waals surface area contributed by atoms with Gasteiger partial charge in [0.2, 0.25) is 10.0 Å². The van der Waals surface area contributed by atoms with Crippen LogP contribution in [-0.4, -0.2) is 55.8 Å². The molecule has 2 heterocycles. The molecule has 6 nitrogen and oxygen atoms in total. The maximum absolute atomic E-state index is 12.8. The van der Waals surface area contributed by atoms with Crippen LogP contribution < -0.4 is 4.74 Å². The summed E-state index contributed by atoms with van der Waals surface area (Å²) >= 11 is 6.00. The lowest BCUT2D eigenvalue weighted by Gasteiger charge is -2.35. The fourth-order valence-corrected chi connectivity index (χ4v) is 5.09. The van der Waals surface area contributed by atoms with E-state index in [-0.39, 0.29) is 23.9 Å². The molecule has 0 unspecified atom stereocenters. The predicted octanol–water partition coefficient (Wildman–Crippen LogP) is 2.18. The highest BCUT2D eigenvalue weighted by molar-refractivity contribution is 7.89. The summed E-state index contributed by atoms with van der Waals surface area (Å²) in [5.41, 5.74) is 0.922. The van der Waals surface area contributed by atoms with Crippen LogP contribution in [0.25, 0.3) is 0 Å².